The Kier molecular flexibility index (Phi) is 7.14. The molecule has 1 amide bonds. The predicted molar refractivity (Wildman–Crippen MR) is 103 cm³/mol. The molecule has 0 saturated heterocycles. The Morgan fingerprint density at radius 3 is 2.62 bits per heavy atom. The van der Waals surface area contributed by atoms with Gasteiger partial charge < -0.3 is 14.8 Å². The van der Waals surface area contributed by atoms with Gasteiger partial charge in [0, 0.05) is 11.1 Å². The van der Waals surface area contributed by atoms with E-state index < -0.39 is 18.0 Å². The van der Waals surface area contributed by atoms with Crippen molar-refractivity contribution in [3.8, 4) is 5.75 Å². The van der Waals surface area contributed by atoms with Crippen LogP contribution in [0.25, 0.3) is 0 Å². The number of hydrogen-bond acceptors (Lipinski definition) is 6. The fourth-order valence-electron chi connectivity index (χ4n) is 1.97. The van der Waals surface area contributed by atoms with E-state index >= 15 is 0 Å². The zero-order chi connectivity index (χ0) is 19.3. The molecule has 2 aromatic rings. The largest absolute Gasteiger partial charge is 0.496 e. The topological polar surface area (TPSA) is 77.5 Å². The minimum Gasteiger partial charge on any atom is -0.496 e. The van der Waals surface area contributed by atoms with Gasteiger partial charge in [0.1, 0.15) is 11.3 Å². The number of nitrogens with zero attached hydrogens (tertiary/aromatic N) is 1. The van der Waals surface area contributed by atoms with Crippen molar-refractivity contribution in [2.45, 2.75) is 17.9 Å². The molecule has 0 aliphatic rings. The summed E-state index contributed by atoms with van der Waals surface area (Å²) in [6, 6.07) is 6.53. The second kappa shape index (κ2) is 9.12. The number of methoxy groups -OCH3 is 1. The lowest BCUT2D eigenvalue weighted by molar-refractivity contribution is -0.123. The van der Waals surface area contributed by atoms with Gasteiger partial charge >= 0.3 is 5.97 Å². The Labute approximate surface area is 165 Å². The van der Waals surface area contributed by atoms with E-state index in [0.717, 1.165) is 4.90 Å². The van der Waals surface area contributed by atoms with Crippen molar-refractivity contribution in [3.63, 3.8) is 0 Å². The third kappa shape index (κ3) is 5.03. The molecule has 0 fully saturated rings. The summed E-state index contributed by atoms with van der Waals surface area (Å²) < 4.78 is 10.4. The Bertz CT molecular complexity index is 832. The Morgan fingerprint density at radius 1 is 1.27 bits per heavy atom. The average Bonchev–Trinajstić information content (AvgIpc) is 2.63. The van der Waals surface area contributed by atoms with Crippen LogP contribution in [0.3, 0.4) is 0 Å². The number of aromatic nitrogens is 1. The number of ether oxygens (including phenoxy) is 2. The molecule has 0 bridgehead atoms. The van der Waals surface area contributed by atoms with Gasteiger partial charge in [0.2, 0.25) is 0 Å². The van der Waals surface area contributed by atoms with E-state index in [4.69, 9.17) is 32.7 Å². The molecule has 0 spiro atoms. The van der Waals surface area contributed by atoms with Gasteiger partial charge in [-0.2, -0.15) is 0 Å². The highest BCUT2D eigenvalue weighted by Gasteiger charge is 2.22. The molecule has 9 heteroatoms. The van der Waals surface area contributed by atoms with Crippen LogP contribution in [0.2, 0.25) is 10.0 Å². The Balaban J connectivity index is 2.07. The molecule has 0 unspecified atom stereocenters. The first kappa shape index (κ1) is 20.4. The molecule has 1 aromatic heterocycles. The lowest BCUT2D eigenvalue weighted by Gasteiger charge is -2.15. The summed E-state index contributed by atoms with van der Waals surface area (Å²) in [5.41, 5.74) is 0.229. The Morgan fingerprint density at radius 2 is 2.00 bits per heavy atom. The number of carbonyl (C=O) groups is 2. The zero-order valence-electron chi connectivity index (χ0n) is 14.2. The molecule has 26 heavy (non-hydrogen) atoms. The quantitative estimate of drug-likeness (QED) is 0.560. The number of thioether (sulfide) groups is 1. The summed E-state index contributed by atoms with van der Waals surface area (Å²) in [6.45, 7) is 1.44. The molecule has 1 atom stereocenters. The van der Waals surface area contributed by atoms with E-state index in [1.807, 2.05) is 6.26 Å². The van der Waals surface area contributed by atoms with Crippen LogP contribution in [0.1, 0.15) is 17.3 Å². The molecule has 6 nitrogen and oxygen atoms in total. The number of carbonyl (C=O) groups excluding carboxylic acids is 2. The number of nitrogens with one attached hydrogen (secondary N) is 1. The lowest BCUT2D eigenvalue weighted by Crippen LogP contribution is -2.30. The monoisotopic (exact) mass is 414 g/mol. The molecule has 0 radical (unpaired) electrons. The predicted octanol–water partition coefficient (Wildman–Crippen LogP) is 4.30. The maximum absolute atomic E-state index is 12.4. The number of benzene rings is 1. The molecule has 0 aliphatic heterocycles. The molecule has 1 aromatic carbocycles. The van der Waals surface area contributed by atoms with E-state index in [1.54, 1.807) is 18.2 Å². The highest BCUT2D eigenvalue weighted by Crippen LogP contribution is 2.26. The van der Waals surface area contributed by atoms with Crippen molar-refractivity contribution in [1.29, 1.82) is 0 Å². The van der Waals surface area contributed by atoms with Gasteiger partial charge in [-0.15, -0.1) is 11.8 Å². The maximum Gasteiger partial charge on any atom is 0.342 e. The zero-order valence-corrected chi connectivity index (χ0v) is 16.5. The normalized spacial score (nSPS) is 11.6. The fraction of sp³-hybridized carbons (Fsp3) is 0.235. The van der Waals surface area contributed by atoms with Gasteiger partial charge in [-0.3, -0.25) is 4.79 Å². The van der Waals surface area contributed by atoms with Crippen LogP contribution in [0.15, 0.2) is 35.4 Å². The van der Waals surface area contributed by atoms with E-state index in [1.165, 1.54) is 38.1 Å². The van der Waals surface area contributed by atoms with Crippen molar-refractivity contribution in [3.05, 3.63) is 46.1 Å². The summed E-state index contributed by atoms with van der Waals surface area (Å²) in [6.07, 6.45) is 2.19. The van der Waals surface area contributed by atoms with Crippen LogP contribution in [0, 0.1) is 0 Å². The summed E-state index contributed by atoms with van der Waals surface area (Å²) in [5, 5.41) is 3.01. The first-order valence-electron chi connectivity index (χ1n) is 7.40. The van der Waals surface area contributed by atoms with Crippen molar-refractivity contribution in [1.82, 2.24) is 4.98 Å². The van der Waals surface area contributed by atoms with Crippen molar-refractivity contribution in [2.24, 2.45) is 0 Å². The van der Waals surface area contributed by atoms with Gasteiger partial charge in [-0.1, -0.05) is 23.2 Å². The molecule has 138 valence electrons. The molecule has 0 saturated carbocycles. The lowest BCUT2D eigenvalue weighted by atomic mass is 10.2. The average molecular weight is 415 g/mol. The highest BCUT2D eigenvalue weighted by atomic mass is 35.5. The molecule has 1 N–H and O–H groups in total. The number of amides is 1. The molecule has 0 aliphatic carbocycles. The van der Waals surface area contributed by atoms with Crippen molar-refractivity contribution >= 4 is 52.7 Å². The number of esters is 1. The third-order valence-electron chi connectivity index (χ3n) is 3.33. The van der Waals surface area contributed by atoms with E-state index in [9.17, 15) is 9.59 Å². The third-order valence-corrected chi connectivity index (χ3v) is 4.55. The second-order valence-electron chi connectivity index (χ2n) is 5.09. The number of anilines is 1. The standard InChI is InChI=1S/C17H16Cl2N2O4S/c1-9(16(22)21-15-13(19)6-10(18)8-20-15)25-17(23)12-5-4-11(26-3)7-14(12)24-2/h4-9H,1-3H3,(H,20,21,22)/t9-/m1/s1. The number of rotatable bonds is 6. The number of halogens is 2. The molecular formula is C17H16Cl2N2O4S. The maximum atomic E-state index is 12.4. The van der Waals surface area contributed by atoms with Gasteiger partial charge in [0.15, 0.2) is 11.9 Å². The van der Waals surface area contributed by atoms with Crippen LogP contribution in [-0.4, -0.2) is 36.3 Å². The van der Waals surface area contributed by atoms with Crippen LogP contribution in [0.4, 0.5) is 5.82 Å². The molecule has 2 rings (SSSR count). The van der Waals surface area contributed by atoms with Gasteiger partial charge in [0.05, 0.1) is 17.2 Å². The molecule has 1 heterocycles. The van der Waals surface area contributed by atoms with Crippen molar-refractivity contribution in [2.75, 3.05) is 18.7 Å². The number of hydrogen-bond donors (Lipinski definition) is 1. The first-order chi connectivity index (χ1) is 12.3. The first-order valence-corrected chi connectivity index (χ1v) is 9.38. The van der Waals surface area contributed by atoms with E-state index in [0.29, 0.717) is 10.8 Å². The SMILES string of the molecule is COc1cc(SC)ccc1C(=O)O[C@H](C)C(=O)Nc1ncc(Cl)cc1Cl. The van der Waals surface area contributed by atoms with Gasteiger partial charge in [0.25, 0.3) is 5.91 Å². The van der Waals surface area contributed by atoms with Crippen LogP contribution in [0.5, 0.6) is 5.75 Å². The van der Waals surface area contributed by atoms with Crippen LogP contribution < -0.4 is 10.1 Å². The summed E-state index contributed by atoms with van der Waals surface area (Å²) in [5.74, 6) is -0.746. The van der Waals surface area contributed by atoms with E-state index in [-0.39, 0.29) is 16.4 Å². The summed E-state index contributed by atoms with van der Waals surface area (Å²) >= 11 is 13.2. The van der Waals surface area contributed by atoms with E-state index in [2.05, 4.69) is 10.3 Å². The van der Waals surface area contributed by atoms with Gasteiger partial charge in [-0.05, 0) is 37.4 Å². The van der Waals surface area contributed by atoms with Crippen LogP contribution in [-0.2, 0) is 9.53 Å². The minimum absolute atomic E-state index is 0.130. The summed E-state index contributed by atoms with van der Waals surface area (Å²) in [4.78, 5) is 29.4. The Hall–Kier alpha value is -1.96. The fourth-order valence-corrected chi connectivity index (χ4v) is 2.83. The van der Waals surface area contributed by atoms with Crippen LogP contribution >= 0.6 is 35.0 Å². The minimum atomic E-state index is -1.07. The highest BCUT2D eigenvalue weighted by molar-refractivity contribution is 7.98. The number of pyridine rings is 1. The smallest absolute Gasteiger partial charge is 0.342 e. The molecular weight excluding hydrogens is 399 g/mol. The van der Waals surface area contributed by atoms with Crippen molar-refractivity contribution < 1.29 is 19.1 Å². The van der Waals surface area contributed by atoms with Gasteiger partial charge in [-0.25, -0.2) is 9.78 Å². The summed E-state index contributed by atoms with van der Waals surface area (Å²) in [7, 11) is 1.46. The second-order valence-corrected chi connectivity index (χ2v) is 6.81.